The third-order valence-electron chi connectivity index (χ3n) is 7.23. The van der Waals surface area contributed by atoms with Crippen LogP contribution in [0.3, 0.4) is 0 Å². The van der Waals surface area contributed by atoms with E-state index in [1.807, 2.05) is 41.5 Å². The molecule has 2 N–H and O–H groups in total. The lowest BCUT2D eigenvalue weighted by Gasteiger charge is -2.30. The second-order valence-corrected chi connectivity index (χ2v) is 12.2. The molecule has 0 aromatic rings. The molecule has 0 aliphatic carbocycles. The number of imide groups is 1. The van der Waals surface area contributed by atoms with Gasteiger partial charge in [0.15, 0.2) is 6.10 Å². The van der Waals surface area contributed by atoms with Crippen LogP contribution >= 0.6 is 0 Å². The Labute approximate surface area is 251 Å². The minimum Gasteiger partial charge on any atom is -0.499 e. The zero-order valence-electron chi connectivity index (χ0n) is 27.2. The van der Waals surface area contributed by atoms with E-state index < -0.39 is 59.9 Å². The molecule has 0 bridgehead atoms. The second kappa shape index (κ2) is 17.0. The molecule has 42 heavy (non-hydrogen) atoms. The highest BCUT2D eigenvalue weighted by Gasteiger charge is 2.35. The van der Waals surface area contributed by atoms with Crippen molar-refractivity contribution in [3.8, 4) is 0 Å². The number of ether oxygens (including phenoxy) is 2. The van der Waals surface area contributed by atoms with Crippen molar-refractivity contribution in [2.24, 2.45) is 17.8 Å². The SMILES string of the molecule is CC[C@@H](C)[C@@H](C(=O)O[C@@H](CC(C)C)C(=O)N[C@@H](CC(C)C)C(=O)N[C@@H](C)/C=C/C(=O)N1C(=O)C=C(OC)[C@@H]1C)N(C)C. The highest BCUT2D eigenvalue weighted by molar-refractivity contribution is 6.07. The van der Waals surface area contributed by atoms with Crippen molar-refractivity contribution in [1.29, 1.82) is 0 Å². The molecule has 1 heterocycles. The summed E-state index contributed by atoms with van der Waals surface area (Å²) in [5, 5.41) is 5.61. The lowest BCUT2D eigenvalue weighted by Crippen LogP contribution is -2.53. The number of amides is 4. The van der Waals surface area contributed by atoms with Crippen molar-refractivity contribution in [1.82, 2.24) is 20.4 Å². The van der Waals surface area contributed by atoms with Gasteiger partial charge in [-0.1, -0.05) is 54.0 Å². The molecular weight excluding hydrogens is 540 g/mol. The Bertz CT molecular complexity index is 1020. The van der Waals surface area contributed by atoms with E-state index in [-0.39, 0.29) is 17.8 Å². The van der Waals surface area contributed by atoms with Crippen LogP contribution in [0.25, 0.3) is 0 Å². The highest BCUT2D eigenvalue weighted by Crippen LogP contribution is 2.20. The number of carbonyl (C=O) groups excluding carboxylic acids is 5. The summed E-state index contributed by atoms with van der Waals surface area (Å²) in [7, 11) is 5.05. The van der Waals surface area contributed by atoms with Gasteiger partial charge >= 0.3 is 5.97 Å². The monoisotopic (exact) mass is 592 g/mol. The Morgan fingerprint density at radius 2 is 1.60 bits per heavy atom. The summed E-state index contributed by atoms with van der Waals surface area (Å²) in [6.45, 7) is 15.1. The van der Waals surface area contributed by atoms with Crippen LogP contribution < -0.4 is 10.6 Å². The molecule has 0 radical (unpaired) electrons. The molecule has 0 saturated carbocycles. The van der Waals surface area contributed by atoms with Gasteiger partial charge in [0, 0.05) is 18.2 Å². The number of rotatable bonds is 16. The van der Waals surface area contributed by atoms with Gasteiger partial charge in [-0.3, -0.25) is 33.8 Å². The minimum atomic E-state index is -1.05. The first-order valence-electron chi connectivity index (χ1n) is 14.8. The molecule has 0 aromatic heterocycles. The van der Waals surface area contributed by atoms with E-state index in [0.29, 0.717) is 18.6 Å². The molecule has 238 valence electrons. The lowest BCUT2D eigenvalue weighted by molar-refractivity contribution is -0.163. The molecule has 0 unspecified atom stereocenters. The highest BCUT2D eigenvalue weighted by atomic mass is 16.5. The topological polar surface area (TPSA) is 134 Å². The van der Waals surface area contributed by atoms with Crippen molar-refractivity contribution in [3.63, 3.8) is 0 Å². The Morgan fingerprint density at radius 1 is 1.00 bits per heavy atom. The van der Waals surface area contributed by atoms with Crippen LogP contribution in [-0.4, -0.2) is 90.9 Å². The van der Waals surface area contributed by atoms with Gasteiger partial charge in [-0.25, -0.2) is 0 Å². The van der Waals surface area contributed by atoms with E-state index in [0.717, 1.165) is 11.3 Å². The maximum atomic E-state index is 13.4. The molecule has 0 aromatic carbocycles. The predicted molar refractivity (Wildman–Crippen MR) is 161 cm³/mol. The molecular formula is C31H52N4O7. The van der Waals surface area contributed by atoms with Gasteiger partial charge in [0.25, 0.3) is 17.7 Å². The van der Waals surface area contributed by atoms with Gasteiger partial charge in [0.2, 0.25) is 5.91 Å². The summed E-state index contributed by atoms with van der Waals surface area (Å²) < 4.78 is 10.9. The zero-order valence-corrected chi connectivity index (χ0v) is 27.2. The van der Waals surface area contributed by atoms with Gasteiger partial charge in [0.05, 0.1) is 13.2 Å². The van der Waals surface area contributed by atoms with Gasteiger partial charge in [-0.05, 0) is 58.5 Å². The summed E-state index contributed by atoms with van der Waals surface area (Å²) in [6, 6.07) is -2.48. The van der Waals surface area contributed by atoms with Crippen LogP contribution in [-0.2, 0) is 33.4 Å². The summed E-state index contributed by atoms with van der Waals surface area (Å²) >= 11 is 0. The fourth-order valence-electron chi connectivity index (χ4n) is 4.83. The normalized spacial score (nSPS) is 19.0. The Morgan fingerprint density at radius 3 is 2.07 bits per heavy atom. The number of hydrogen-bond acceptors (Lipinski definition) is 8. The van der Waals surface area contributed by atoms with Crippen LogP contribution in [0.4, 0.5) is 0 Å². The van der Waals surface area contributed by atoms with Crippen molar-refractivity contribution in [2.45, 2.75) is 105 Å². The molecule has 4 amide bonds. The second-order valence-electron chi connectivity index (χ2n) is 12.2. The summed E-state index contributed by atoms with van der Waals surface area (Å²) in [4.78, 5) is 67.5. The van der Waals surface area contributed by atoms with E-state index >= 15 is 0 Å². The smallest absolute Gasteiger partial charge is 0.324 e. The molecule has 1 rings (SSSR count). The Kier molecular flexibility index (Phi) is 14.9. The summed E-state index contributed by atoms with van der Waals surface area (Å²) in [5.41, 5.74) is 0. The van der Waals surface area contributed by atoms with E-state index in [2.05, 4.69) is 10.6 Å². The molecule has 11 heteroatoms. The van der Waals surface area contributed by atoms with Crippen LogP contribution in [0, 0.1) is 17.8 Å². The van der Waals surface area contributed by atoms with E-state index in [1.165, 1.54) is 25.3 Å². The number of nitrogens with one attached hydrogen (secondary N) is 2. The molecule has 1 aliphatic rings. The summed E-state index contributed by atoms with van der Waals surface area (Å²) in [6.07, 6.45) is 4.38. The molecule has 0 saturated heterocycles. The Hall–Kier alpha value is -3.21. The van der Waals surface area contributed by atoms with Gasteiger partial charge in [-0.2, -0.15) is 0 Å². The van der Waals surface area contributed by atoms with E-state index in [1.54, 1.807) is 32.8 Å². The lowest BCUT2D eigenvalue weighted by atomic mass is 9.98. The third-order valence-corrected chi connectivity index (χ3v) is 7.23. The number of nitrogens with zero attached hydrogens (tertiary/aromatic N) is 2. The summed E-state index contributed by atoms with van der Waals surface area (Å²) in [5.74, 6) is -1.86. The quantitative estimate of drug-likeness (QED) is 0.206. The standard InChI is InChI=1S/C31H52N4O7/c1-12-20(6)28(34(9)10)31(40)42-25(16-19(4)5)30(39)33-23(15-18(2)3)29(38)32-21(7)13-14-26(36)35-22(8)24(41-11)17-27(35)37/h13-14,17-23,25,28H,12,15-16H2,1-11H3,(H,32,38)(H,33,39)/b14-13+/t20-,21+,22+,23+,25+,28+/m1/s1. The van der Waals surface area contributed by atoms with Gasteiger partial charge < -0.3 is 20.1 Å². The first kappa shape index (κ1) is 36.8. The molecule has 6 atom stereocenters. The fraction of sp³-hybridized carbons (Fsp3) is 0.710. The molecule has 11 nitrogen and oxygen atoms in total. The molecule has 0 fully saturated rings. The molecule has 1 aliphatic heterocycles. The third kappa shape index (κ3) is 10.9. The van der Waals surface area contributed by atoms with E-state index in [4.69, 9.17) is 9.47 Å². The number of methoxy groups -OCH3 is 1. The minimum absolute atomic E-state index is 0.0289. The zero-order chi connectivity index (χ0) is 32.3. The average molecular weight is 593 g/mol. The van der Waals surface area contributed by atoms with Crippen LogP contribution in [0.2, 0.25) is 0 Å². The molecule has 0 spiro atoms. The van der Waals surface area contributed by atoms with Crippen molar-refractivity contribution < 1.29 is 33.4 Å². The maximum absolute atomic E-state index is 13.4. The van der Waals surface area contributed by atoms with Gasteiger partial charge in [-0.15, -0.1) is 0 Å². The van der Waals surface area contributed by atoms with Crippen molar-refractivity contribution >= 4 is 29.6 Å². The number of esters is 1. The first-order valence-corrected chi connectivity index (χ1v) is 14.8. The van der Waals surface area contributed by atoms with Crippen molar-refractivity contribution in [3.05, 3.63) is 24.0 Å². The van der Waals surface area contributed by atoms with Crippen LogP contribution in [0.5, 0.6) is 0 Å². The number of likely N-dealkylation sites (N-methyl/N-ethyl adjacent to an activating group) is 1. The predicted octanol–water partition coefficient (Wildman–Crippen LogP) is 2.80. The Balaban J connectivity index is 2.99. The van der Waals surface area contributed by atoms with E-state index in [9.17, 15) is 24.0 Å². The largest absolute Gasteiger partial charge is 0.499 e. The first-order chi connectivity index (χ1) is 19.5. The average Bonchev–Trinajstić information content (AvgIpc) is 3.18. The number of hydrogen-bond donors (Lipinski definition) is 2. The number of carbonyl (C=O) groups is 5. The fourth-order valence-corrected chi connectivity index (χ4v) is 4.83. The van der Waals surface area contributed by atoms with Crippen LogP contribution in [0.15, 0.2) is 24.0 Å². The van der Waals surface area contributed by atoms with Crippen LogP contribution in [0.1, 0.15) is 74.7 Å². The van der Waals surface area contributed by atoms with Crippen molar-refractivity contribution in [2.75, 3.05) is 21.2 Å². The van der Waals surface area contributed by atoms with Gasteiger partial charge in [0.1, 0.15) is 17.8 Å². The maximum Gasteiger partial charge on any atom is 0.324 e.